The first kappa shape index (κ1) is 24.9. The van der Waals surface area contributed by atoms with Crippen LogP contribution in [0, 0.1) is 12.7 Å². The summed E-state index contributed by atoms with van der Waals surface area (Å²) in [5, 5.41) is 2.42. The molecule has 0 bridgehead atoms. The van der Waals surface area contributed by atoms with E-state index in [1.807, 2.05) is 19.1 Å². The van der Waals surface area contributed by atoms with Crippen molar-refractivity contribution < 1.29 is 13.6 Å². The lowest BCUT2D eigenvalue weighted by atomic mass is 9.98. The molecule has 0 aliphatic rings. The Kier molecular flexibility index (Phi) is 7.25. The highest BCUT2D eigenvalue weighted by molar-refractivity contribution is 6.99. The highest BCUT2D eigenvalue weighted by Crippen LogP contribution is 2.37. The first-order chi connectivity index (χ1) is 16.8. The Morgan fingerprint density at radius 1 is 0.743 bits per heavy atom. The molecule has 0 fully saturated rings. The summed E-state index contributed by atoms with van der Waals surface area (Å²) in [6.07, 6.45) is 0. The van der Waals surface area contributed by atoms with E-state index in [1.54, 1.807) is 19.2 Å². The SMILES string of the molecule is COc1ccc(F)c(-c2ccc(CO[Si](c3ccccc3)(c3ccccc3)C(C)(C)C)cc2C)c1. The van der Waals surface area contributed by atoms with Crippen LogP contribution in [-0.2, 0) is 11.0 Å². The van der Waals surface area contributed by atoms with Gasteiger partial charge in [0.25, 0.3) is 8.32 Å². The van der Waals surface area contributed by atoms with E-state index in [-0.39, 0.29) is 10.9 Å². The molecule has 4 heteroatoms. The van der Waals surface area contributed by atoms with Gasteiger partial charge in [-0.05, 0) is 57.2 Å². The van der Waals surface area contributed by atoms with Gasteiger partial charge in [0.2, 0.25) is 0 Å². The molecular formula is C31H33FO2Si. The number of halogens is 1. The lowest BCUT2D eigenvalue weighted by Crippen LogP contribution is -2.66. The van der Waals surface area contributed by atoms with Crippen LogP contribution in [-0.4, -0.2) is 15.4 Å². The van der Waals surface area contributed by atoms with Crippen molar-refractivity contribution in [1.29, 1.82) is 0 Å². The molecule has 0 aliphatic heterocycles. The predicted octanol–water partition coefficient (Wildman–Crippen LogP) is 6.89. The van der Waals surface area contributed by atoms with E-state index in [2.05, 4.69) is 87.5 Å². The second-order valence-corrected chi connectivity index (χ2v) is 14.3. The van der Waals surface area contributed by atoms with Crippen molar-refractivity contribution >= 4 is 18.7 Å². The van der Waals surface area contributed by atoms with E-state index >= 15 is 0 Å². The van der Waals surface area contributed by atoms with E-state index in [9.17, 15) is 4.39 Å². The van der Waals surface area contributed by atoms with Crippen molar-refractivity contribution in [2.45, 2.75) is 39.3 Å². The van der Waals surface area contributed by atoms with Crippen LogP contribution >= 0.6 is 0 Å². The fourth-order valence-corrected chi connectivity index (χ4v) is 9.45. The molecule has 0 amide bonds. The average molecular weight is 485 g/mol. The lowest BCUT2D eigenvalue weighted by Gasteiger charge is -2.43. The topological polar surface area (TPSA) is 18.5 Å². The molecule has 0 atom stereocenters. The van der Waals surface area contributed by atoms with Gasteiger partial charge in [-0.3, -0.25) is 0 Å². The summed E-state index contributed by atoms with van der Waals surface area (Å²) in [4.78, 5) is 0. The summed E-state index contributed by atoms with van der Waals surface area (Å²) in [6, 6.07) is 32.2. The first-order valence-corrected chi connectivity index (χ1v) is 13.9. The largest absolute Gasteiger partial charge is 0.497 e. The number of rotatable bonds is 7. The minimum absolute atomic E-state index is 0.0889. The number of benzene rings is 4. The third-order valence-electron chi connectivity index (χ3n) is 6.63. The van der Waals surface area contributed by atoms with E-state index < -0.39 is 8.32 Å². The first-order valence-electron chi connectivity index (χ1n) is 11.9. The Balaban J connectivity index is 1.72. The van der Waals surface area contributed by atoms with Crippen LogP contribution in [0.25, 0.3) is 11.1 Å². The average Bonchev–Trinajstić information content (AvgIpc) is 2.85. The van der Waals surface area contributed by atoms with E-state index in [4.69, 9.17) is 9.16 Å². The van der Waals surface area contributed by atoms with Crippen molar-refractivity contribution in [3.63, 3.8) is 0 Å². The van der Waals surface area contributed by atoms with Crippen LogP contribution in [0.15, 0.2) is 97.1 Å². The molecule has 0 spiro atoms. The van der Waals surface area contributed by atoms with Crippen molar-refractivity contribution in [3.05, 3.63) is 114 Å². The summed E-state index contributed by atoms with van der Waals surface area (Å²) < 4.78 is 27.0. The lowest BCUT2D eigenvalue weighted by molar-refractivity contribution is 0.286. The predicted molar refractivity (Wildman–Crippen MR) is 146 cm³/mol. The minimum Gasteiger partial charge on any atom is -0.497 e. The molecule has 180 valence electrons. The molecule has 4 rings (SSSR count). The van der Waals surface area contributed by atoms with Crippen LogP contribution < -0.4 is 15.1 Å². The van der Waals surface area contributed by atoms with Crippen LogP contribution in [0.2, 0.25) is 5.04 Å². The van der Waals surface area contributed by atoms with Crippen LogP contribution in [0.3, 0.4) is 0 Å². The Morgan fingerprint density at radius 3 is 1.86 bits per heavy atom. The maximum Gasteiger partial charge on any atom is 0.261 e. The molecule has 0 saturated carbocycles. The van der Waals surface area contributed by atoms with Gasteiger partial charge in [-0.2, -0.15) is 0 Å². The molecule has 0 radical (unpaired) electrons. The molecule has 4 aromatic carbocycles. The number of methoxy groups -OCH3 is 1. The molecule has 4 aromatic rings. The smallest absolute Gasteiger partial charge is 0.261 e. The van der Waals surface area contributed by atoms with Gasteiger partial charge < -0.3 is 9.16 Å². The Labute approximate surface area is 209 Å². The number of hydrogen-bond donors (Lipinski definition) is 0. The van der Waals surface area contributed by atoms with E-state index in [0.717, 1.165) is 16.7 Å². The van der Waals surface area contributed by atoms with Crippen molar-refractivity contribution in [1.82, 2.24) is 0 Å². The normalized spacial score (nSPS) is 11.9. The monoisotopic (exact) mass is 484 g/mol. The third-order valence-corrected chi connectivity index (χ3v) is 11.6. The van der Waals surface area contributed by atoms with Crippen molar-refractivity contribution in [2.75, 3.05) is 7.11 Å². The molecule has 0 heterocycles. The van der Waals surface area contributed by atoms with Crippen LogP contribution in [0.4, 0.5) is 4.39 Å². The molecule has 2 nitrogen and oxygen atoms in total. The molecular weight excluding hydrogens is 451 g/mol. The van der Waals surface area contributed by atoms with Crippen molar-refractivity contribution in [3.8, 4) is 16.9 Å². The maximum absolute atomic E-state index is 14.6. The van der Waals surface area contributed by atoms with E-state index in [1.165, 1.54) is 16.4 Å². The summed E-state index contributed by atoms with van der Waals surface area (Å²) in [5.74, 6) is 0.380. The zero-order valence-corrected chi connectivity index (χ0v) is 22.1. The molecule has 0 aliphatic carbocycles. The van der Waals surface area contributed by atoms with Crippen LogP contribution in [0.5, 0.6) is 5.75 Å². The number of aryl methyl sites for hydroxylation is 1. The summed E-state index contributed by atoms with van der Waals surface area (Å²) in [7, 11) is -1.03. The number of ether oxygens (including phenoxy) is 1. The van der Waals surface area contributed by atoms with Gasteiger partial charge in [-0.25, -0.2) is 4.39 Å². The van der Waals surface area contributed by atoms with Gasteiger partial charge >= 0.3 is 0 Å². The van der Waals surface area contributed by atoms with Gasteiger partial charge in [0.15, 0.2) is 0 Å². The second kappa shape index (κ2) is 10.2. The van der Waals surface area contributed by atoms with Gasteiger partial charge in [0, 0.05) is 5.56 Å². The molecule has 0 saturated heterocycles. The maximum atomic E-state index is 14.6. The zero-order valence-electron chi connectivity index (χ0n) is 21.1. The highest BCUT2D eigenvalue weighted by Gasteiger charge is 2.50. The molecule has 0 unspecified atom stereocenters. The second-order valence-electron chi connectivity index (χ2n) is 9.95. The Bertz CT molecular complexity index is 1240. The van der Waals surface area contributed by atoms with Crippen molar-refractivity contribution in [2.24, 2.45) is 0 Å². The van der Waals surface area contributed by atoms with Crippen LogP contribution in [0.1, 0.15) is 31.9 Å². The molecule has 35 heavy (non-hydrogen) atoms. The van der Waals surface area contributed by atoms with Gasteiger partial charge in [0.1, 0.15) is 11.6 Å². The minimum atomic E-state index is -2.62. The third kappa shape index (κ3) is 4.95. The van der Waals surface area contributed by atoms with Gasteiger partial charge in [-0.1, -0.05) is 99.6 Å². The molecule has 0 aromatic heterocycles. The highest BCUT2D eigenvalue weighted by atomic mass is 28.4. The fourth-order valence-electron chi connectivity index (χ4n) is 4.91. The molecule has 0 N–H and O–H groups in total. The summed E-state index contributed by atoms with van der Waals surface area (Å²) in [6.45, 7) is 9.33. The summed E-state index contributed by atoms with van der Waals surface area (Å²) >= 11 is 0. The standard InChI is InChI=1S/C31H33FO2Si/c1-23-20-24(16-18-28(23)29-21-25(33-5)17-19-30(29)32)22-34-35(31(2,3)4,26-12-8-6-9-13-26)27-14-10-7-11-15-27/h6-21H,22H2,1-5H3. The summed E-state index contributed by atoms with van der Waals surface area (Å²) in [5.41, 5.74) is 3.47. The number of hydrogen-bond acceptors (Lipinski definition) is 2. The van der Waals surface area contributed by atoms with E-state index in [0.29, 0.717) is 17.9 Å². The fraction of sp³-hybridized carbons (Fsp3) is 0.226. The quantitative estimate of drug-likeness (QED) is 0.266. The Hall–Kier alpha value is -3.21. The zero-order chi connectivity index (χ0) is 25.1. The Morgan fingerprint density at radius 2 is 1.34 bits per heavy atom. The van der Waals surface area contributed by atoms with Gasteiger partial charge in [-0.15, -0.1) is 0 Å². The van der Waals surface area contributed by atoms with Gasteiger partial charge in [0.05, 0.1) is 13.7 Å².